The van der Waals surface area contributed by atoms with Gasteiger partial charge in [-0.2, -0.15) is 0 Å². The van der Waals surface area contributed by atoms with Crippen LogP contribution in [0.1, 0.15) is 34.6 Å². The van der Waals surface area contributed by atoms with Gasteiger partial charge >= 0.3 is 0 Å². The first kappa shape index (κ1) is 16.4. The Morgan fingerprint density at radius 2 is 1.30 bits per heavy atom. The van der Waals surface area contributed by atoms with Gasteiger partial charge in [-0.3, -0.25) is 15.0 Å². The van der Waals surface area contributed by atoms with Gasteiger partial charge < -0.3 is 10.2 Å². The third-order valence-electron chi connectivity index (χ3n) is 3.20. The zero-order valence-electron chi connectivity index (χ0n) is 12.9. The number of hydrogen-bond acceptors (Lipinski definition) is 4. The lowest BCUT2D eigenvalue weighted by atomic mass is 10.2. The van der Waals surface area contributed by atoms with Crippen molar-refractivity contribution in [1.82, 2.24) is 10.4 Å². The maximum atomic E-state index is 12.5. The Morgan fingerprint density at radius 1 is 0.870 bits per heavy atom. The SMILES string of the molecule is CC(C)N(NC(=O)c1ccc(O)cc1)C(=O)c1ccc(O)cc1. The molecule has 2 aromatic carbocycles. The van der Waals surface area contributed by atoms with Crippen molar-refractivity contribution in [3.05, 3.63) is 59.7 Å². The topological polar surface area (TPSA) is 89.9 Å². The van der Waals surface area contributed by atoms with Gasteiger partial charge in [0, 0.05) is 17.2 Å². The molecule has 0 fully saturated rings. The van der Waals surface area contributed by atoms with Crippen LogP contribution in [0.15, 0.2) is 48.5 Å². The average Bonchev–Trinajstić information content (AvgIpc) is 2.53. The number of amides is 2. The molecule has 0 aliphatic carbocycles. The van der Waals surface area contributed by atoms with Crippen molar-refractivity contribution < 1.29 is 19.8 Å². The minimum Gasteiger partial charge on any atom is -0.508 e. The van der Waals surface area contributed by atoms with Gasteiger partial charge in [-0.15, -0.1) is 0 Å². The summed E-state index contributed by atoms with van der Waals surface area (Å²) in [4.78, 5) is 24.7. The molecule has 0 radical (unpaired) electrons. The van der Waals surface area contributed by atoms with Crippen LogP contribution in [-0.2, 0) is 0 Å². The lowest BCUT2D eigenvalue weighted by molar-refractivity contribution is 0.0516. The largest absolute Gasteiger partial charge is 0.508 e. The van der Waals surface area contributed by atoms with E-state index in [1.807, 2.05) is 0 Å². The van der Waals surface area contributed by atoms with Crippen molar-refractivity contribution >= 4 is 11.8 Å². The molecule has 0 aromatic heterocycles. The highest BCUT2D eigenvalue weighted by atomic mass is 16.3. The Hall–Kier alpha value is -3.02. The molecule has 0 aliphatic heterocycles. The number of benzene rings is 2. The second-order valence-electron chi connectivity index (χ2n) is 5.30. The Morgan fingerprint density at radius 3 is 1.74 bits per heavy atom. The summed E-state index contributed by atoms with van der Waals surface area (Å²) in [5.74, 6) is -0.717. The van der Waals surface area contributed by atoms with Crippen LogP contribution in [0.2, 0.25) is 0 Å². The van der Waals surface area contributed by atoms with E-state index in [0.717, 1.165) is 0 Å². The molecule has 0 bridgehead atoms. The first-order valence-electron chi connectivity index (χ1n) is 7.11. The number of phenols is 2. The fraction of sp³-hybridized carbons (Fsp3) is 0.176. The van der Waals surface area contributed by atoms with Crippen LogP contribution in [0.4, 0.5) is 0 Å². The van der Waals surface area contributed by atoms with Crippen LogP contribution >= 0.6 is 0 Å². The smallest absolute Gasteiger partial charge is 0.272 e. The maximum Gasteiger partial charge on any atom is 0.272 e. The molecule has 0 saturated carbocycles. The molecule has 0 aliphatic rings. The van der Waals surface area contributed by atoms with E-state index in [2.05, 4.69) is 5.43 Å². The molecule has 120 valence electrons. The number of nitrogens with zero attached hydrogens (tertiary/aromatic N) is 1. The fourth-order valence-corrected chi connectivity index (χ4v) is 1.94. The van der Waals surface area contributed by atoms with E-state index < -0.39 is 5.91 Å². The molecule has 3 N–H and O–H groups in total. The molecule has 0 unspecified atom stereocenters. The number of hydrazine groups is 1. The van der Waals surface area contributed by atoms with Crippen LogP contribution in [0.5, 0.6) is 11.5 Å². The Kier molecular flexibility index (Phi) is 4.85. The lowest BCUT2D eigenvalue weighted by Crippen LogP contribution is -2.50. The quantitative estimate of drug-likeness (QED) is 0.758. The van der Waals surface area contributed by atoms with Gasteiger partial charge in [-0.25, -0.2) is 5.01 Å². The number of carbonyl (C=O) groups is 2. The van der Waals surface area contributed by atoms with E-state index in [9.17, 15) is 19.8 Å². The molecule has 23 heavy (non-hydrogen) atoms. The third-order valence-corrected chi connectivity index (χ3v) is 3.20. The van der Waals surface area contributed by atoms with Crippen LogP contribution in [-0.4, -0.2) is 33.1 Å². The number of carbonyl (C=O) groups excluding carboxylic acids is 2. The second kappa shape index (κ2) is 6.83. The van der Waals surface area contributed by atoms with Gasteiger partial charge in [0.15, 0.2) is 0 Å². The van der Waals surface area contributed by atoms with Crippen LogP contribution in [0.3, 0.4) is 0 Å². The van der Waals surface area contributed by atoms with Crippen molar-refractivity contribution in [1.29, 1.82) is 0 Å². The van der Waals surface area contributed by atoms with Gasteiger partial charge in [-0.05, 0) is 62.4 Å². The molecule has 2 amide bonds. The van der Waals surface area contributed by atoms with Crippen LogP contribution in [0, 0.1) is 0 Å². The van der Waals surface area contributed by atoms with Crippen molar-refractivity contribution in [2.45, 2.75) is 19.9 Å². The standard InChI is InChI=1S/C17H18N2O4/c1-11(2)19(17(23)13-5-9-15(21)10-6-13)18-16(22)12-3-7-14(20)8-4-12/h3-11,20-21H,1-2H3,(H,18,22). The normalized spacial score (nSPS) is 10.4. The van der Waals surface area contributed by atoms with E-state index in [-0.39, 0.29) is 23.4 Å². The molecule has 0 saturated heterocycles. The molecule has 2 aromatic rings. The van der Waals surface area contributed by atoms with E-state index >= 15 is 0 Å². The van der Waals surface area contributed by atoms with Crippen molar-refractivity contribution in [2.24, 2.45) is 0 Å². The number of rotatable bonds is 3. The zero-order valence-corrected chi connectivity index (χ0v) is 12.9. The maximum absolute atomic E-state index is 12.5. The lowest BCUT2D eigenvalue weighted by Gasteiger charge is -2.27. The summed E-state index contributed by atoms with van der Waals surface area (Å²) in [5.41, 5.74) is 3.24. The summed E-state index contributed by atoms with van der Waals surface area (Å²) in [5, 5.41) is 19.8. The summed E-state index contributed by atoms with van der Waals surface area (Å²) < 4.78 is 0. The van der Waals surface area contributed by atoms with E-state index in [4.69, 9.17) is 0 Å². The molecule has 0 atom stereocenters. The summed E-state index contributed by atoms with van der Waals surface area (Å²) in [6, 6.07) is 11.3. The summed E-state index contributed by atoms with van der Waals surface area (Å²) in [7, 11) is 0. The second-order valence-corrected chi connectivity index (χ2v) is 5.30. The fourth-order valence-electron chi connectivity index (χ4n) is 1.94. The monoisotopic (exact) mass is 314 g/mol. The average molecular weight is 314 g/mol. The molecule has 6 nitrogen and oxygen atoms in total. The Labute approximate surface area is 134 Å². The van der Waals surface area contributed by atoms with E-state index in [0.29, 0.717) is 11.1 Å². The highest BCUT2D eigenvalue weighted by Gasteiger charge is 2.21. The third kappa shape index (κ3) is 4.00. The highest BCUT2D eigenvalue weighted by molar-refractivity contribution is 5.99. The summed E-state index contributed by atoms with van der Waals surface area (Å²) >= 11 is 0. The molecule has 0 heterocycles. The summed E-state index contributed by atoms with van der Waals surface area (Å²) in [6.45, 7) is 3.55. The minimum atomic E-state index is -0.453. The van der Waals surface area contributed by atoms with Crippen LogP contribution in [0.25, 0.3) is 0 Å². The zero-order chi connectivity index (χ0) is 17.0. The Balaban J connectivity index is 2.18. The van der Waals surface area contributed by atoms with E-state index in [1.54, 1.807) is 13.8 Å². The molecular formula is C17H18N2O4. The van der Waals surface area contributed by atoms with E-state index in [1.165, 1.54) is 53.5 Å². The van der Waals surface area contributed by atoms with Gasteiger partial charge in [0.25, 0.3) is 11.8 Å². The number of phenolic OH excluding ortho intramolecular Hbond substituents is 2. The number of aromatic hydroxyl groups is 2. The molecular weight excluding hydrogens is 296 g/mol. The molecule has 0 spiro atoms. The number of nitrogens with one attached hydrogen (secondary N) is 1. The highest BCUT2D eigenvalue weighted by Crippen LogP contribution is 2.13. The van der Waals surface area contributed by atoms with Gasteiger partial charge in [-0.1, -0.05) is 0 Å². The predicted molar refractivity (Wildman–Crippen MR) is 85.0 cm³/mol. The molecule has 6 heteroatoms. The van der Waals surface area contributed by atoms with Gasteiger partial charge in [0.2, 0.25) is 0 Å². The first-order valence-corrected chi connectivity index (χ1v) is 7.11. The van der Waals surface area contributed by atoms with Crippen molar-refractivity contribution in [3.63, 3.8) is 0 Å². The van der Waals surface area contributed by atoms with Crippen LogP contribution < -0.4 is 5.43 Å². The Bertz CT molecular complexity index is 694. The van der Waals surface area contributed by atoms with Gasteiger partial charge in [0.05, 0.1) is 0 Å². The summed E-state index contributed by atoms with van der Waals surface area (Å²) in [6.07, 6.45) is 0. The predicted octanol–water partition coefficient (Wildman–Crippen LogP) is 2.29. The van der Waals surface area contributed by atoms with Crippen molar-refractivity contribution in [2.75, 3.05) is 0 Å². The number of hydrogen-bond donors (Lipinski definition) is 3. The molecule has 2 rings (SSSR count). The van der Waals surface area contributed by atoms with Gasteiger partial charge in [0.1, 0.15) is 11.5 Å². The first-order chi connectivity index (χ1) is 10.9. The van der Waals surface area contributed by atoms with Crippen molar-refractivity contribution in [3.8, 4) is 11.5 Å². The minimum absolute atomic E-state index is 0.0578.